The van der Waals surface area contributed by atoms with E-state index >= 15 is 0 Å². The lowest BCUT2D eigenvalue weighted by Crippen LogP contribution is -2.22. The predicted octanol–water partition coefficient (Wildman–Crippen LogP) is 5.66. The van der Waals surface area contributed by atoms with Crippen LogP contribution < -0.4 is 0 Å². The summed E-state index contributed by atoms with van der Waals surface area (Å²) < 4.78 is 0. The Bertz CT molecular complexity index is 533. The van der Waals surface area contributed by atoms with Crippen molar-refractivity contribution < 1.29 is 0 Å². The van der Waals surface area contributed by atoms with E-state index in [0.29, 0.717) is 0 Å². The minimum Gasteiger partial charge on any atom is -0.0651 e. The zero-order valence-corrected chi connectivity index (χ0v) is 13.2. The van der Waals surface area contributed by atoms with Crippen LogP contribution in [0, 0.1) is 6.92 Å². The summed E-state index contributed by atoms with van der Waals surface area (Å²) in [5, 5.41) is 0. The summed E-state index contributed by atoms with van der Waals surface area (Å²) in [6.45, 7) is 9.01. The van der Waals surface area contributed by atoms with E-state index in [9.17, 15) is 0 Å². The predicted molar refractivity (Wildman–Crippen MR) is 88.4 cm³/mol. The summed E-state index contributed by atoms with van der Waals surface area (Å²) >= 11 is 0. The van der Waals surface area contributed by atoms with Crippen molar-refractivity contribution in [3.05, 3.63) is 70.8 Å². The molecule has 0 amide bonds. The van der Waals surface area contributed by atoms with Crippen LogP contribution in [0.1, 0.15) is 55.9 Å². The Morgan fingerprint density at radius 3 is 1.75 bits per heavy atom. The molecule has 1 unspecified atom stereocenters. The average molecular weight is 266 g/mol. The Kier molecular flexibility index (Phi) is 4.65. The van der Waals surface area contributed by atoms with Gasteiger partial charge >= 0.3 is 0 Å². The molecule has 0 aliphatic rings. The third-order valence-electron chi connectivity index (χ3n) is 4.53. The Labute approximate surface area is 123 Å². The van der Waals surface area contributed by atoms with E-state index in [4.69, 9.17) is 0 Å². The van der Waals surface area contributed by atoms with E-state index in [2.05, 4.69) is 76.2 Å². The van der Waals surface area contributed by atoms with Gasteiger partial charge in [-0.05, 0) is 36.5 Å². The highest BCUT2D eigenvalue weighted by atomic mass is 14.3. The molecule has 2 aromatic carbocycles. The van der Waals surface area contributed by atoms with Crippen LogP contribution in [0.2, 0.25) is 0 Å². The molecule has 20 heavy (non-hydrogen) atoms. The molecule has 0 spiro atoms. The maximum atomic E-state index is 2.35. The second-order valence-electron chi connectivity index (χ2n) is 6.00. The summed E-state index contributed by atoms with van der Waals surface area (Å²) in [6.07, 6.45) is 3.50. The molecule has 0 fully saturated rings. The van der Waals surface area contributed by atoms with Gasteiger partial charge in [-0.25, -0.2) is 0 Å². The fraction of sp³-hybridized carbons (Fsp3) is 0.400. The lowest BCUT2D eigenvalue weighted by atomic mass is 9.74. The molecule has 0 nitrogen and oxygen atoms in total. The molecule has 0 aliphatic heterocycles. The quantitative estimate of drug-likeness (QED) is 0.654. The minimum atomic E-state index is 0.110. The maximum absolute atomic E-state index is 2.35. The monoisotopic (exact) mass is 266 g/mol. The van der Waals surface area contributed by atoms with Crippen molar-refractivity contribution >= 4 is 0 Å². The van der Waals surface area contributed by atoms with Gasteiger partial charge < -0.3 is 0 Å². The van der Waals surface area contributed by atoms with Crippen molar-refractivity contribution in [3.63, 3.8) is 0 Å². The summed E-state index contributed by atoms with van der Waals surface area (Å²) in [5.41, 5.74) is 5.71. The molecule has 2 aromatic rings. The van der Waals surface area contributed by atoms with Crippen molar-refractivity contribution in [1.82, 2.24) is 0 Å². The highest BCUT2D eigenvalue weighted by Crippen LogP contribution is 2.35. The van der Waals surface area contributed by atoms with E-state index in [-0.39, 0.29) is 5.41 Å². The summed E-state index contributed by atoms with van der Waals surface area (Å²) in [7, 11) is 0. The number of hydrogen-bond donors (Lipinski definition) is 0. The first-order valence-electron chi connectivity index (χ1n) is 7.76. The van der Waals surface area contributed by atoms with Crippen molar-refractivity contribution in [2.45, 2.75) is 52.4 Å². The van der Waals surface area contributed by atoms with Crippen LogP contribution in [0.25, 0.3) is 0 Å². The van der Waals surface area contributed by atoms with Crippen LogP contribution in [0.3, 0.4) is 0 Å². The Morgan fingerprint density at radius 2 is 1.30 bits per heavy atom. The van der Waals surface area contributed by atoms with Gasteiger partial charge in [0.05, 0.1) is 0 Å². The molecule has 0 bridgehead atoms. The van der Waals surface area contributed by atoms with Gasteiger partial charge in [0.2, 0.25) is 0 Å². The molecule has 2 rings (SSSR count). The average Bonchev–Trinajstić information content (AvgIpc) is 2.48. The van der Waals surface area contributed by atoms with Crippen molar-refractivity contribution in [3.8, 4) is 0 Å². The highest BCUT2D eigenvalue weighted by Gasteiger charge is 2.26. The normalized spacial score (nSPS) is 14.0. The molecule has 0 aliphatic carbocycles. The van der Waals surface area contributed by atoms with E-state index in [0.717, 1.165) is 6.42 Å². The molecule has 0 saturated carbocycles. The van der Waals surface area contributed by atoms with Crippen LogP contribution in [-0.4, -0.2) is 0 Å². The molecule has 0 saturated heterocycles. The molecule has 0 heteroatoms. The number of rotatable bonds is 5. The lowest BCUT2D eigenvalue weighted by molar-refractivity contribution is 0.549. The lowest BCUT2D eigenvalue weighted by Gasteiger charge is -2.30. The van der Waals surface area contributed by atoms with E-state index in [1.54, 1.807) is 0 Å². The summed E-state index contributed by atoms with van der Waals surface area (Å²) in [4.78, 5) is 0. The van der Waals surface area contributed by atoms with Crippen LogP contribution >= 0.6 is 0 Å². The van der Waals surface area contributed by atoms with Crippen LogP contribution in [0.4, 0.5) is 0 Å². The molecule has 0 N–H and O–H groups in total. The van der Waals surface area contributed by atoms with Crippen molar-refractivity contribution in [2.24, 2.45) is 0 Å². The first kappa shape index (κ1) is 14.8. The first-order valence-corrected chi connectivity index (χ1v) is 7.76. The van der Waals surface area contributed by atoms with E-state index in [1.807, 2.05) is 0 Å². The van der Waals surface area contributed by atoms with Crippen molar-refractivity contribution in [2.75, 3.05) is 0 Å². The second-order valence-corrected chi connectivity index (χ2v) is 6.00. The van der Waals surface area contributed by atoms with Crippen LogP contribution in [0.5, 0.6) is 0 Å². The van der Waals surface area contributed by atoms with Gasteiger partial charge in [0.15, 0.2) is 0 Å². The van der Waals surface area contributed by atoms with Gasteiger partial charge in [0, 0.05) is 5.41 Å². The van der Waals surface area contributed by atoms with E-state index in [1.165, 1.54) is 35.1 Å². The van der Waals surface area contributed by atoms with E-state index < -0.39 is 0 Å². The largest absolute Gasteiger partial charge is 0.0651 e. The van der Waals surface area contributed by atoms with Crippen molar-refractivity contribution in [1.29, 1.82) is 0 Å². The highest BCUT2D eigenvalue weighted by molar-refractivity contribution is 5.40. The minimum absolute atomic E-state index is 0.110. The SMILES string of the molecule is CCCc1ccc(C(C)(CC)c2ccc(C)cc2)cc1. The Hall–Kier alpha value is -1.56. The Morgan fingerprint density at radius 1 is 0.800 bits per heavy atom. The van der Waals surface area contributed by atoms with Gasteiger partial charge in [-0.15, -0.1) is 0 Å². The summed E-state index contributed by atoms with van der Waals surface area (Å²) in [5.74, 6) is 0. The standard InChI is InChI=1S/C20H26/c1-5-7-17-10-14-19(15-11-17)20(4,6-2)18-12-8-16(3)9-13-18/h8-15H,5-7H2,1-4H3. The van der Waals surface area contributed by atoms with Gasteiger partial charge in [-0.1, -0.05) is 81.3 Å². The molecular formula is C20H26. The van der Waals surface area contributed by atoms with Crippen LogP contribution in [-0.2, 0) is 11.8 Å². The van der Waals surface area contributed by atoms with Gasteiger partial charge in [-0.2, -0.15) is 0 Å². The smallest absolute Gasteiger partial charge is 0.0172 e. The fourth-order valence-corrected chi connectivity index (χ4v) is 2.82. The van der Waals surface area contributed by atoms with Gasteiger partial charge in [0.1, 0.15) is 0 Å². The molecular weight excluding hydrogens is 240 g/mol. The molecule has 0 radical (unpaired) electrons. The molecule has 0 heterocycles. The first-order chi connectivity index (χ1) is 9.60. The maximum Gasteiger partial charge on any atom is 0.0172 e. The molecule has 0 aromatic heterocycles. The second kappa shape index (κ2) is 6.26. The molecule has 106 valence electrons. The molecule has 1 atom stereocenters. The van der Waals surface area contributed by atoms with Crippen LogP contribution in [0.15, 0.2) is 48.5 Å². The third-order valence-corrected chi connectivity index (χ3v) is 4.53. The topological polar surface area (TPSA) is 0 Å². The zero-order valence-electron chi connectivity index (χ0n) is 13.2. The number of benzene rings is 2. The zero-order chi connectivity index (χ0) is 14.6. The van der Waals surface area contributed by atoms with Gasteiger partial charge in [-0.3, -0.25) is 0 Å². The van der Waals surface area contributed by atoms with Gasteiger partial charge in [0.25, 0.3) is 0 Å². The summed E-state index contributed by atoms with van der Waals surface area (Å²) in [6, 6.07) is 18.2. The number of aryl methyl sites for hydroxylation is 2. The number of hydrogen-bond acceptors (Lipinski definition) is 0. The third kappa shape index (κ3) is 2.95. The fourth-order valence-electron chi connectivity index (χ4n) is 2.82. The Balaban J connectivity index is 2.36.